The summed E-state index contributed by atoms with van der Waals surface area (Å²) < 4.78 is 4.63. The first-order valence-electron chi connectivity index (χ1n) is 18.3. The van der Waals surface area contributed by atoms with Crippen LogP contribution in [-0.4, -0.2) is 13.1 Å². The van der Waals surface area contributed by atoms with Gasteiger partial charge in [0, 0.05) is 6.42 Å². The largest absolute Gasteiger partial charge is 0.469 e. The third-order valence-corrected chi connectivity index (χ3v) is 8.17. The molecule has 0 rings (SSSR count). The van der Waals surface area contributed by atoms with Crippen LogP contribution in [0.3, 0.4) is 0 Å². The number of hydrogen-bond acceptors (Lipinski definition) is 2. The van der Waals surface area contributed by atoms with Crippen molar-refractivity contribution in [2.75, 3.05) is 7.11 Å². The van der Waals surface area contributed by atoms with Crippen molar-refractivity contribution in [3.05, 3.63) is 0 Å². The van der Waals surface area contributed by atoms with E-state index in [2.05, 4.69) is 25.5 Å². The molecule has 39 heavy (non-hydrogen) atoms. The number of methoxy groups -OCH3 is 1. The molecule has 0 aromatic carbocycles. The molecule has 0 saturated heterocycles. The monoisotopic (exact) mass is 553 g/mol. The van der Waals surface area contributed by atoms with E-state index in [0.29, 0.717) is 6.42 Å². The van der Waals surface area contributed by atoms with Crippen LogP contribution in [-0.2, 0) is 9.53 Å². The standard InChI is InChI=1S/C19H38O2.C18H38/c1-3-4-5-6-7-8-9-10-11-12-13-14-15-16-17-18-19(20)21-2;1-3-5-7-9-11-13-15-17-18-16-14-12-10-8-6-4-2/h3-18H2,1-2H3;3-18H2,1-2H3. The van der Waals surface area contributed by atoms with E-state index in [4.69, 9.17) is 0 Å². The predicted molar refractivity (Wildman–Crippen MR) is 177 cm³/mol. The number of esters is 1. The number of carbonyl (C=O) groups excluding carboxylic acids is 1. The molecule has 0 saturated carbocycles. The Morgan fingerprint density at radius 2 is 0.513 bits per heavy atom. The zero-order valence-electron chi connectivity index (χ0n) is 27.9. The van der Waals surface area contributed by atoms with Gasteiger partial charge in [0.25, 0.3) is 0 Å². The molecule has 2 heteroatoms. The lowest BCUT2D eigenvalue weighted by molar-refractivity contribution is -0.140. The predicted octanol–water partition coefficient (Wildman–Crippen LogP) is 13.7. The third-order valence-electron chi connectivity index (χ3n) is 8.17. The van der Waals surface area contributed by atoms with Crippen LogP contribution in [0.1, 0.15) is 226 Å². The Labute approximate surface area is 248 Å². The van der Waals surface area contributed by atoms with Crippen LogP contribution in [0.25, 0.3) is 0 Å². The summed E-state index contributed by atoms with van der Waals surface area (Å²) in [5.41, 5.74) is 0. The van der Waals surface area contributed by atoms with Crippen molar-refractivity contribution in [3.8, 4) is 0 Å². The van der Waals surface area contributed by atoms with E-state index in [1.54, 1.807) is 0 Å². The molecule has 236 valence electrons. The van der Waals surface area contributed by atoms with E-state index >= 15 is 0 Å². The second-order valence-electron chi connectivity index (χ2n) is 12.2. The average molecular weight is 553 g/mol. The molecule has 0 aliphatic carbocycles. The van der Waals surface area contributed by atoms with Crippen molar-refractivity contribution >= 4 is 5.97 Å². The van der Waals surface area contributed by atoms with Crippen molar-refractivity contribution in [1.82, 2.24) is 0 Å². The second kappa shape index (κ2) is 39.6. The zero-order chi connectivity index (χ0) is 28.9. The lowest BCUT2D eigenvalue weighted by Gasteiger charge is -2.03. The molecule has 0 atom stereocenters. The molecule has 2 nitrogen and oxygen atoms in total. The van der Waals surface area contributed by atoms with E-state index in [-0.39, 0.29) is 5.97 Å². The smallest absolute Gasteiger partial charge is 0.305 e. The third kappa shape index (κ3) is 42.1. The highest BCUT2D eigenvalue weighted by atomic mass is 16.5. The van der Waals surface area contributed by atoms with Gasteiger partial charge in [-0.1, -0.05) is 213 Å². The van der Waals surface area contributed by atoms with Gasteiger partial charge >= 0.3 is 5.97 Å². The van der Waals surface area contributed by atoms with Gasteiger partial charge in [0.15, 0.2) is 0 Å². The molecule has 0 aromatic rings. The highest BCUT2D eigenvalue weighted by molar-refractivity contribution is 5.68. The van der Waals surface area contributed by atoms with Crippen molar-refractivity contribution in [2.24, 2.45) is 0 Å². The summed E-state index contributed by atoms with van der Waals surface area (Å²) in [6.45, 7) is 6.86. The van der Waals surface area contributed by atoms with E-state index in [1.165, 1.54) is 200 Å². The summed E-state index contributed by atoms with van der Waals surface area (Å²) >= 11 is 0. The summed E-state index contributed by atoms with van der Waals surface area (Å²) in [6, 6.07) is 0. The first kappa shape index (κ1) is 40.6. The van der Waals surface area contributed by atoms with Crippen LogP contribution in [0.5, 0.6) is 0 Å². The summed E-state index contributed by atoms with van der Waals surface area (Å²) in [5, 5.41) is 0. The Hall–Kier alpha value is -0.530. The van der Waals surface area contributed by atoms with E-state index < -0.39 is 0 Å². The lowest BCUT2D eigenvalue weighted by Crippen LogP contribution is -1.99. The van der Waals surface area contributed by atoms with E-state index in [1.807, 2.05) is 0 Å². The van der Waals surface area contributed by atoms with Gasteiger partial charge in [-0.3, -0.25) is 4.79 Å². The van der Waals surface area contributed by atoms with Gasteiger partial charge in [0.05, 0.1) is 7.11 Å². The van der Waals surface area contributed by atoms with Gasteiger partial charge in [0.2, 0.25) is 0 Å². The molecular formula is C37H76O2. The molecule has 0 aromatic heterocycles. The normalized spacial score (nSPS) is 10.9. The molecule has 0 heterocycles. The summed E-state index contributed by atoms with van der Waals surface area (Å²) in [7, 11) is 1.47. The lowest BCUT2D eigenvalue weighted by atomic mass is 10.0. The molecule has 0 aliphatic rings. The number of hydrogen-bond donors (Lipinski definition) is 0. The van der Waals surface area contributed by atoms with Gasteiger partial charge in [-0.05, 0) is 6.42 Å². The van der Waals surface area contributed by atoms with Crippen LogP contribution < -0.4 is 0 Å². The Kier molecular flexibility index (Phi) is 41.2. The maximum atomic E-state index is 10.9. The van der Waals surface area contributed by atoms with Gasteiger partial charge in [-0.25, -0.2) is 0 Å². The summed E-state index contributed by atoms with van der Waals surface area (Å²) in [4.78, 5) is 10.9. The number of rotatable bonds is 31. The highest BCUT2D eigenvalue weighted by Crippen LogP contribution is 2.15. The Morgan fingerprint density at radius 1 is 0.333 bits per heavy atom. The molecule has 0 fully saturated rings. The van der Waals surface area contributed by atoms with Crippen molar-refractivity contribution in [2.45, 2.75) is 226 Å². The molecule has 0 unspecified atom stereocenters. The van der Waals surface area contributed by atoms with Crippen LogP contribution in [0, 0.1) is 0 Å². The fourth-order valence-corrected chi connectivity index (χ4v) is 5.36. The minimum absolute atomic E-state index is 0.0651. The molecular weight excluding hydrogens is 476 g/mol. The fourth-order valence-electron chi connectivity index (χ4n) is 5.36. The fraction of sp³-hybridized carbons (Fsp3) is 0.973. The van der Waals surface area contributed by atoms with Crippen LogP contribution in [0.4, 0.5) is 0 Å². The Morgan fingerprint density at radius 3 is 0.692 bits per heavy atom. The molecule has 0 amide bonds. The zero-order valence-corrected chi connectivity index (χ0v) is 27.9. The highest BCUT2D eigenvalue weighted by Gasteiger charge is 1.99. The molecule has 0 N–H and O–H groups in total. The molecule has 0 aliphatic heterocycles. The Balaban J connectivity index is 0. The van der Waals surface area contributed by atoms with Crippen molar-refractivity contribution in [1.29, 1.82) is 0 Å². The number of carbonyl (C=O) groups is 1. The second-order valence-corrected chi connectivity index (χ2v) is 12.2. The minimum Gasteiger partial charge on any atom is -0.469 e. The van der Waals surface area contributed by atoms with Gasteiger partial charge < -0.3 is 4.74 Å². The van der Waals surface area contributed by atoms with E-state index in [9.17, 15) is 4.79 Å². The van der Waals surface area contributed by atoms with Crippen molar-refractivity contribution in [3.63, 3.8) is 0 Å². The molecule has 0 radical (unpaired) electrons. The maximum absolute atomic E-state index is 10.9. The van der Waals surface area contributed by atoms with Crippen LogP contribution in [0.2, 0.25) is 0 Å². The Bertz CT molecular complexity index is 404. The average Bonchev–Trinajstić information content (AvgIpc) is 2.95. The number of ether oxygens (including phenoxy) is 1. The van der Waals surface area contributed by atoms with Crippen molar-refractivity contribution < 1.29 is 9.53 Å². The van der Waals surface area contributed by atoms with Gasteiger partial charge in [-0.15, -0.1) is 0 Å². The maximum Gasteiger partial charge on any atom is 0.305 e. The van der Waals surface area contributed by atoms with Gasteiger partial charge in [0.1, 0.15) is 0 Å². The van der Waals surface area contributed by atoms with Gasteiger partial charge in [-0.2, -0.15) is 0 Å². The minimum atomic E-state index is -0.0651. The van der Waals surface area contributed by atoms with Crippen LogP contribution in [0.15, 0.2) is 0 Å². The first-order valence-corrected chi connectivity index (χ1v) is 18.3. The molecule has 0 spiro atoms. The molecule has 0 bridgehead atoms. The number of unbranched alkanes of at least 4 members (excludes halogenated alkanes) is 29. The quantitative estimate of drug-likeness (QED) is 0.0631. The SMILES string of the molecule is CCCCCCCCCCCCCCCCCC.CCCCCCCCCCCCCCCCCC(=O)OC. The summed E-state index contributed by atoms with van der Waals surface area (Å²) in [5.74, 6) is -0.0651. The topological polar surface area (TPSA) is 26.3 Å². The van der Waals surface area contributed by atoms with E-state index in [0.717, 1.165) is 6.42 Å². The summed E-state index contributed by atoms with van der Waals surface area (Å²) in [6.07, 6.45) is 44.3. The first-order chi connectivity index (χ1) is 19.2. The van der Waals surface area contributed by atoms with Crippen LogP contribution >= 0.6 is 0 Å².